The molecule has 1 heterocycles. The summed E-state index contributed by atoms with van der Waals surface area (Å²) in [6.45, 7) is 1.59. The Bertz CT molecular complexity index is 636. The molecule has 0 saturated heterocycles. The van der Waals surface area contributed by atoms with Crippen LogP contribution in [0.1, 0.15) is 32.1 Å². The Labute approximate surface area is 149 Å². The first-order chi connectivity index (χ1) is 10.2. The third-order valence-electron chi connectivity index (χ3n) is 4.49. The first-order valence-electron chi connectivity index (χ1n) is 7.80. The molecule has 1 aromatic heterocycles. The molecule has 1 aromatic carbocycles. The molecule has 0 bridgehead atoms. The van der Waals surface area contributed by atoms with Crippen molar-refractivity contribution < 1.29 is 4.79 Å². The zero-order chi connectivity index (χ0) is 14.7. The molecule has 1 aliphatic rings. The molecule has 0 aliphatic heterocycles. The largest absolute Gasteiger partial charge is 0.354 e. The van der Waals surface area contributed by atoms with Crippen molar-refractivity contribution in [1.29, 1.82) is 0 Å². The van der Waals surface area contributed by atoms with Gasteiger partial charge >= 0.3 is 0 Å². The molecule has 1 aliphatic carbocycles. The maximum absolute atomic E-state index is 12.1. The second-order valence-electron chi connectivity index (χ2n) is 6.04. The van der Waals surface area contributed by atoms with E-state index in [0.717, 1.165) is 38.6 Å². The smallest absolute Gasteiger partial charge is 0.240 e. The number of hydrogen-bond acceptors (Lipinski definition) is 2. The van der Waals surface area contributed by atoms with Gasteiger partial charge in [0.25, 0.3) is 0 Å². The standard InChI is InChI=1S/C17H23N3O.2ClH/c18-17(9-3-4-10-17)16(21)19-11-5-12-20-13-8-14-6-1-2-7-15(14)20;;/h1-2,6-8,13H,3-5,9-12,18H2,(H,19,21);2*1H. The Balaban J connectivity index is 0.00000132. The van der Waals surface area contributed by atoms with E-state index in [4.69, 9.17) is 5.73 Å². The molecule has 0 radical (unpaired) electrons. The highest BCUT2D eigenvalue weighted by atomic mass is 35.5. The molecule has 1 saturated carbocycles. The summed E-state index contributed by atoms with van der Waals surface area (Å²) in [7, 11) is 0. The second-order valence-corrected chi connectivity index (χ2v) is 6.04. The SMILES string of the molecule is Cl.Cl.NC1(C(=O)NCCCn2ccc3ccccc32)CCCC1. The predicted octanol–water partition coefficient (Wildman–Crippen LogP) is 3.26. The Hall–Kier alpha value is -1.23. The van der Waals surface area contributed by atoms with Gasteiger partial charge in [0, 0.05) is 24.8 Å². The molecule has 0 atom stereocenters. The monoisotopic (exact) mass is 357 g/mol. The predicted molar refractivity (Wildman–Crippen MR) is 99.4 cm³/mol. The molecular formula is C17H25Cl2N3O. The molecule has 6 heteroatoms. The number of benzene rings is 1. The van der Waals surface area contributed by atoms with Crippen molar-refractivity contribution in [1.82, 2.24) is 9.88 Å². The van der Waals surface area contributed by atoms with E-state index < -0.39 is 5.54 Å². The van der Waals surface area contributed by atoms with Gasteiger partial charge in [-0.2, -0.15) is 0 Å². The summed E-state index contributed by atoms with van der Waals surface area (Å²) in [6.07, 6.45) is 6.80. The van der Waals surface area contributed by atoms with Gasteiger partial charge in [-0.15, -0.1) is 24.8 Å². The van der Waals surface area contributed by atoms with Crippen LogP contribution in [0, 0.1) is 0 Å². The van der Waals surface area contributed by atoms with Gasteiger partial charge in [0.05, 0.1) is 5.54 Å². The minimum Gasteiger partial charge on any atom is -0.354 e. The van der Waals surface area contributed by atoms with Crippen LogP contribution in [-0.4, -0.2) is 22.6 Å². The van der Waals surface area contributed by atoms with Crippen LogP contribution in [0.2, 0.25) is 0 Å². The van der Waals surface area contributed by atoms with Crippen LogP contribution >= 0.6 is 24.8 Å². The fourth-order valence-corrected chi connectivity index (χ4v) is 3.20. The zero-order valence-electron chi connectivity index (χ0n) is 13.2. The summed E-state index contributed by atoms with van der Waals surface area (Å²) < 4.78 is 2.23. The number of aryl methyl sites for hydroxylation is 1. The molecule has 3 rings (SSSR count). The average Bonchev–Trinajstić information content (AvgIpc) is 3.11. The van der Waals surface area contributed by atoms with Gasteiger partial charge in [0.15, 0.2) is 0 Å². The van der Waals surface area contributed by atoms with E-state index in [0.29, 0.717) is 6.54 Å². The van der Waals surface area contributed by atoms with E-state index in [1.165, 1.54) is 10.9 Å². The van der Waals surface area contributed by atoms with Gasteiger partial charge < -0.3 is 15.6 Å². The number of nitrogens with two attached hydrogens (primary N) is 1. The summed E-state index contributed by atoms with van der Waals surface area (Å²) in [4.78, 5) is 12.1. The van der Waals surface area contributed by atoms with Crippen molar-refractivity contribution in [2.24, 2.45) is 5.73 Å². The number of aromatic nitrogens is 1. The lowest BCUT2D eigenvalue weighted by atomic mass is 9.98. The molecule has 0 spiro atoms. The Morgan fingerprint density at radius 3 is 2.61 bits per heavy atom. The highest BCUT2D eigenvalue weighted by Gasteiger charge is 2.36. The Morgan fingerprint density at radius 1 is 1.17 bits per heavy atom. The number of carbonyl (C=O) groups excluding carboxylic acids is 1. The van der Waals surface area contributed by atoms with E-state index in [1.807, 2.05) is 0 Å². The first kappa shape index (κ1) is 19.8. The normalized spacial score (nSPS) is 15.7. The minimum absolute atomic E-state index is 0. The molecule has 128 valence electrons. The van der Waals surface area contributed by atoms with Crippen LogP contribution in [0.25, 0.3) is 10.9 Å². The lowest BCUT2D eigenvalue weighted by molar-refractivity contribution is -0.126. The van der Waals surface area contributed by atoms with E-state index in [2.05, 4.69) is 46.4 Å². The second kappa shape index (κ2) is 8.57. The third kappa shape index (κ3) is 4.40. The number of carbonyl (C=O) groups is 1. The maximum atomic E-state index is 12.1. The van der Waals surface area contributed by atoms with E-state index in [1.54, 1.807) is 0 Å². The van der Waals surface area contributed by atoms with Crippen LogP contribution in [0.5, 0.6) is 0 Å². The van der Waals surface area contributed by atoms with Crippen LogP contribution in [0.15, 0.2) is 36.5 Å². The van der Waals surface area contributed by atoms with Crippen molar-refractivity contribution in [2.75, 3.05) is 6.54 Å². The summed E-state index contributed by atoms with van der Waals surface area (Å²) in [5, 5.41) is 4.26. The fraction of sp³-hybridized carbons (Fsp3) is 0.471. The molecular weight excluding hydrogens is 333 g/mol. The molecule has 2 aromatic rings. The highest BCUT2D eigenvalue weighted by molar-refractivity contribution is 5.86. The number of amides is 1. The van der Waals surface area contributed by atoms with E-state index in [-0.39, 0.29) is 30.7 Å². The molecule has 1 fully saturated rings. The Morgan fingerprint density at radius 2 is 1.87 bits per heavy atom. The van der Waals surface area contributed by atoms with Gasteiger partial charge in [-0.1, -0.05) is 31.0 Å². The number of nitrogens with zero attached hydrogens (tertiary/aromatic N) is 1. The average molecular weight is 358 g/mol. The minimum atomic E-state index is -0.611. The van der Waals surface area contributed by atoms with Gasteiger partial charge in [0.2, 0.25) is 5.91 Å². The molecule has 0 unspecified atom stereocenters. The number of para-hydroxylation sites is 1. The number of halogens is 2. The van der Waals surface area contributed by atoms with Crippen molar-refractivity contribution in [2.45, 2.75) is 44.2 Å². The zero-order valence-corrected chi connectivity index (χ0v) is 14.8. The van der Waals surface area contributed by atoms with Gasteiger partial charge in [-0.25, -0.2) is 0 Å². The van der Waals surface area contributed by atoms with Crippen LogP contribution in [0.4, 0.5) is 0 Å². The summed E-state index contributed by atoms with van der Waals surface area (Å²) in [6, 6.07) is 10.5. The third-order valence-corrected chi connectivity index (χ3v) is 4.49. The lowest BCUT2D eigenvalue weighted by Crippen LogP contribution is -2.52. The van der Waals surface area contributed by atoms with Crippen LogP contribution < -0.4 is 11.1 Å². The first-order valence-corrected chi connectivity index (χ1v) is 7.80. The fourth-order valence-electron chi connectivity index (χ4n) is 3.20. The summed E-state index contributed by atoms with van der Waals surface area (Å²) in [5.41, 5.74) is 6.77. The van der Waals surface area contributed by atoms with Gasteiger partial charge in [-0.05, 0) is 36.8 Å². The van der Waals surface area contributed by atoms with Crippen molar-refractivity contribution in [3.05, 3.63) is 36.5 Å². The molecule has 3 N–H and O–H groups in total. The number of rotatable bonds is 5. The number of fused-ring (bicyclic) bond motifs is 1. The maximum Gasteiger partial charge on any atom is 0.240 e. The summed E-state index contributed by atoms with van der Waals surface area (Å²) in [5.74, 6) is 0.0253. The molecule has 1 amide bonds. The Kier molecular flexibility index (Phi) is 7.39. The topological polar surface area (TPSA) is 60.1 Å². The van der Waals surface area contributed by atoms with Crippen LogP contribution in [-0.2, 0) is 11.3 Å². The van der Waals surface area contributed by atoms with Crippen molar-refractivity contribution >= 4 is 41.6 Å². The summed E-state index contributed by atoms with van der Waals surface area (Å²) >= 11 is 0. The van der Waals surface area contributed by atoms with Crippen molar-refractivity contribution in [3.63, 3.8) is 0 Å². The van der Waals surface area contributed by atoms with Gasteiger partial charge in [0.1, 0.15) is 0 Å². The van der Waals surface area contributed by atoms with Gasteiger partial charge in [-0.3, -0.25) is 4.79 Å². The number of hydrogen-bond donors (Lipinski definition) is 2. The molecule has 4 nitrogen and oxygen atoms in total. The highest BCUT2D eigenvalue weighted by Crippen LogP contribution is 2.27. The lowest BCUT2D eigenvalue weighted by Gasteiger charge is -2.22. The van der Waals surface area contributed by atoms with E-state index >= 15 is 0 Å². The molecule has 23 heavy (non-hydrogen) atoms. The quantitative estimate of drug-likeness (QED) is 0.806. The van der Waals surface area contributed by atoms with Crippen molar-refractivity contribution in [3.8, 4) is 0 Å². The van der Waals surface area contributed by atoms with Crippen LogP contribution in [0.3, 0.4) is 0 Å². The number of nitrogens with one attached hydrogen (secondary N) is 1. The van der Waals surface area contributed by atoms with E-state index in [9.17, 15) is 4.79 Å².